The Balaban J connectivity index is 4.87. The van der Waals surface area contributed by atoms with Crippen molar-refractivity contribution in [1.29, 1.82) is 0 Å². The summed E-state index contributed by atoms with van der Waals surface area (Å²) in [7, 11) is 1.71. The van der Waals surface area contributed by atoms with E-state index in [0.717, 1.165) is 6.92 Å². The molecule has 0 bridgehead atoms. The highest BCUT2D eigenvalue weighted by atomic mass is 16.6. The lowest BCUT2D eigenvalue weighted by molar-refractivity contribution is -0.910. The number of ketones is 1. The SMILES string of the molecule is C=C(C)C(=O)OCCOC(=O)CCC(=O)OCC[N+](C)(CCOC(=O)CCC(=O)OCCOC(=O)C(=C)C)CCOC(=O)CCC(=O)OCCOC(=O)C(C)=O. The zero-order chi connectivity index (χ0) is 42.5. The molecular weight excluding hydrogens is 750 g/mol. The van der Waals surface area contributed by atoms with Crippen molar-refractivity contribution in [1.82, 2.24) is 0 Å². The lowest BCUT2D eigenvalue weighted by atomic mass is 10.3. The van der Waals surface area contributed by atoms with Crippen molar-refractivity contribution in [2.45, 2.75) is 59.3 Å². The largest absolute Gasteiger partial charge is 0.462 e. The summed E-state index contributed by atoms with van der Waals surface area (Å²) >= 11 is 0. The molecule has 20 heteroatoms. The highest BCUT2D eigenvalue weighted by molar-refractivity contribution is 6.32. The number of carbonyl (C=O) groups excluding carboxylic acids is 10. The first kappa shape index (κ1) is 50.3. The van der Waals surface area contributed by atoms with Gasteiger partial charge in [0.15, 0.2) is 0 Å². The molecule has 20 nitrogen and oxygen atoms in total. The van der Waals surface area contributed by atoms with Gasteiger partial charge in [-0.3, -0.25) is 33.6 Å². The number of hydrogen-bond acceptors (Lipinski definition) is 19. The second kappa shape index (κ2) is 28.7. The van der Waals surface area contributed by atoms with Gasteiger partial charge in [0.05, 0.1) is 45.6 Å². The van der Waals surface area contributed by atoms with Gasteiger partial charge in [-0.1, -0.05) is 13.2 Å². The molecule has 0 fully saturated rings. The fourth-order valence-corrected chi connectivity index (χ4v) is 3.74. The van der Waals surface area contributed by atoms with Gasteiger partial charge in [-0.05, 0) is 13.8 Å². The summed E-state index contributed by atoms with van der Waals surface area (Å²) in [5.41, 5.74) is 0.375. The van der Waals surface area contributed by atoms with E-state index in [1.54, 1.807) is 7.05 Å². The molecule has 0 heterocycles. The van der Waals surface area contributed by atoms with Gasteiger partial charge in [0.1, 0.15) is 79.1 Å². The van der Waals surface area contributed by atoms with Crippen LogP contribution in [-0.4, -0.2) is 150 Å². The average molecular weight is 803 g/mol. The molecule has 0 aromatic carbocycles. The maximum Gasteiger partial charge on any atom is 0.374 e. The van der Waals surface area contributed by atoms with E-state index in [2.05, 4.69) is 17.9 Å². The number of esters is 9. The van der Waals surface area contributed by atoms with Crippen molar-refractivity contribution < 1.29 is 95.1 Å². The van der Waals surface area contributed by atoms with Gasteiger partial charge in [-0.15, -0.1) is 0 Å². The monoisotopic (exact) mass is 802 g/mol. The summed E-state index contributed by atoms with van der Waals surface area (Å²) in [6.07, 6.45) is -1.82. The molecule has 0 unspecified atom stereocenters. The Labute approximate surface area is 324 Å². The predicted molar refractivity (Wildman–Crippen MR) is 187 cm³/mol. The van der Waals surface area contributed by atoms with Crippen LogP contribution in [0.2, 0.25) is 0 Å². The maximum atomic E-state index is 12.3. The van der Waals surface area contributed by atoms with E-state index in [9.17, 15) is 47.9 Å². The van der Waals surface area contributed by atoms with Crippen molar-refractivity contribution in [3.63, 3.8) is 0 Å². The van der Waals surface area contributed by atoms with Crippen molar-refractivity contribution in [2.24, 2.45) is 0 Å². The second-order valence-electron chi connectivity index (χ2n) is 12.1. The van der Waals surface area contributed by atoms with E-state index in [0.29, 0.717) is 0 Å². The minimum atomic E-state index is -1.07. The molecule has 56 heavy (non-hydrogen) atoms. The standard InChI is InChI=1S/C36H52NO19/c1-25(2)34(45)54-22-19-51-31(42)10-7-28(39)48-16-13-37(6,14-17-49-29(40)8-11-32(43)52-20-23-55-35(46)26(3)4)15-18-50-30(41)9-12-33(44)53-21-24-56-36(47)27(5)38/h1,3,7-24H2,2,4-6H3/q+1. The van der Waals surface area contributed by atoms with Crippen LogP contribution in [0.1, 0.15) is 59.3 Å². The van der Waals surface area contributed by atoms with Crippen molar-refractivity contribution >= 4 is 59.5 Å². The minimum absolute atomic E-state index is 0.0603. The molecule has 0 N–H and O–H groups in total. The number of rotatable bonds is 30. The summed E-state index contributed by atoms with van der Waals surface area (Å²) in [6.45, 7) is 9.44. The van der Waals surface area contributed by atoms with Crippen LogP contribution in [-0.2, 0) is 90.6 Å². The second-order valence-corrected chi connectivity index (χ2v) is 12.1. The molecule has 0 aromatic rings. The van der Waals surface area contributed by atoms with E-state index in [1.807, 2.05) is 0 Å². The highest BCUT2D eigenvalue weighted by Crippen LogP contribution is 2.07. The summed E-state index contributed by atoms with van der Waals surface area (Å²) in [5, 5.41) is 0. The number of nitrogens with zero attached hydrogens (tertiary/aromatic N) is 1. The van der Waals surface area contributed by atoms with E-state index in [4.69, 9.17) is 37.9 Å². The van der Waals surface area contributed by atoms with Crippen LogP contribution in [0.3, 0.4) is 0 Å². The molecular formula is C36H52NO19+. The average Bonchev–Trinajstić information content (AvgIpc) is 3.13. The van der Waals surface area contributed by atoms with E-state index in [-0.39, 0.29) is 133 Å². The van der Waals surface area contributed by atoms with Crippen molar-refractivity contribution in [3.05, 3.63) is 24.3 Å². The fraction of sp³-hybridized carbons (Fsp3) is 0.611. The van der Waals surface area contributed by atoms with E-state index < -0.39 is 59.5 Å². The first-order chi connectivity index (χ1) is 26.3. The maximum absolute atomic E-state index is 12.3. The lowest BCUT2D eigenvalue weighted by Crippen LogP contribution is -2.51. The molecule has 0 aliphatic heterocycles. The number of Topliss-reactive ketones (excluding diaryl/α,β-unsaturated/α-hetero) is 1. The Kier molecular flexibility index (Phi) is 25.8. The number of carbonyl (C=O) groups is 10. The van der Waals surface area contributed by atoms with Gasteiger partial charge >= 0.3 is 53.7 Å². The Morgan fingerprint density at radius 3 is 0.804 bits per heavy atom. The topological polar surface area (TPSA) is 254 Å². The van der Waals surface area contributed by atoms with Crippen LogP contribution in [0.5, 0.6) is 0 Å². The van der Waals surface area contributed by atoms with Gasteiger partial charge in [0.25, 0.3) is 0 Å². The molecule has 0 atom stereocenters. The first-order valence-electron chi connectivity index (χ1n) is 17.5. The van der Waals surface area contributed by atoms with Crippen LogP contribution in [0.25, 0.3) is 0 Å². The van der Waals surface area contributed by atoms with Crippen LogP contribution >= 0.6 is 0 Å². The Hall–Kier alpha value is -5.66. The lowest BCUT2D eigenvalue weighted by Gasteiger charge is -2.33. The molecule has 0 rings (SSSR count). The Morgan fingerprint density at radius 2 is 0.571 bits per heavy atom. The summed E-state index contributed by atoms with van der Waals surface area (Å²) in [4.78, 5) is 117. The molecule has 0 spiro atoms. The zero-order valence-corrected chi connectivity index (χ0v) is 32.3. The van der Waals surface area contributed by atoms with Gasteiger partial charge < -0.3 is 47.1 Å². The molecule has 314 valence electrons. The quantitative estimate of drug-likeness (QED) is 0.0238. The van der Waals surface area contributed by atoms with Crippen molar-refractivity contribution in [2.75, 3.05) is 86.1 Å². The summed E-state index contributed by atoms with van der Waals surface area (Å²) in [6, 6.07) is 0. The van der Waals surface area contributed by atoms with Gasteiger partial charge in [-0.2, -0.15) is 0 Å². The third kappa shape index (κ3) is 27.0. The number of ether oxygens (including phenoxy) is 9. The molecule has 0 aliphatic carbocycles. The van der Waals surface area contributed by atoms with Crippen LogP contribution in [0.4, 0.5) is 0 Å². The number of hydrogen-bond donors (Lipinski definition) is 0. The van der Waals surface area contributed by atoms with Crippen LogP contribution < -0.4 is 0 Å². The molecule has 0 aliphatic rings. The summed E-state index contributed by atoms with van der Waals surface area (Å²) in [5.74, 6) is -7.46. The van der Waals surface area contributed by atoms with Crippen molar-refractivity contribution in [3.8, 4) is 0 Å². The zero-order valence-electron chi connectivity index (χ0n) is 32.3. The molecule has 0 amide bonds. The van der Waals surface area contributed by atoms with Gasteiger partial charge in [-0.25, -0.2) is 14.4 Å². The Morgan fingerprint density at radius 1 is 0.357 bits per heavy atom. The minimum Gasteiger partial charge on any atom is -0.462 e. The predicted octanol–water partition coefficient (Wildman–Crippen LogP) is 0.404. The fourth-order valence-electron chi connectivity index (χ4n) is 3.74. The number of likely N-dealkylation sites (N-methyl/N-ethyl adjacent to an activating group) is 1. The molecule has 0 saturated carbocycles. The highest BCUT2D eigenvalue weighted by Gasteiger charge is 2.24. The normalized spacial score (nSPS) is 10.5. The third-order valence-corrected chi connectivity index (χ3v) is 7.01. The first-order valence-corrected chi connectivity index (χ1v) is 17.5. The van der Waals surface area contributed by atoms with Crippen LogP contribution in [0, 0.1) is 0 Å². The van der Waals surface area contributed by atoms with E-state index in [1.165, 1.54) is 13.8 Å². The van der Waals surface area contributed by atoms with Gasteiger partial charge in [0.2, 0.25) is 5.78 Å². The number of quaternary nitrogens is 1. The molecule has 0 radical (unpaired) electrons. The molecule has 0 aromatic heterocycles. The summed E-state index contributed by atoms with van der Waals surface area (Å²) < 4.78 is 44.6. The Bertz CT molecular complexity index is 1250. The smallest absolute Gasteiger partial charge is 0.374 e. The van der Waals surface area contributed by atoms with Gasteiger partial charge in [0, 0.05) is 18.1 Å². The van der Waals surface area contributed by atoms with Crippen LogP contribution in [0.15, 0.2) is 24.3 Å². The van der Waals surface area contributed by atoms with E-state index >= 15 is 0 Å². The molecule has 0 saturated heterocycles. The third-order valence-electron chi connectivity index (χ3n) is 7.01.